The second-order valence-electron chi connectivity index (χ2n) is 4.48. The highest BCUT2D eigenvalue weighted by Crippen LogP contribution is 2.14. The van der Waals surface area contributed by atoms with Gasteiger partial charge in [-0.3, -0.25) is 4.98 Å². The molecule has 0 radical (unpaired) electrons. The maximum atomic E-state index is 11.9. The fourth-order valence-corrected chi connectivity index (χ4v) is 2.52. The van der Waals surface area contributed by atoms with Crippen LogP contribution in [0.2, 0.25) is 0 Å². The lowest BCUT2D eigenvalue weighted by molar-refractivity contribution is 0.519. The topological polar surface area (TPSA) is 67.6 Å². The molecule has 0 bridgehead atoms. The summed E-state index contributed by atoms with van der Waals surface area (Å²) < 4.78 is 26.8. The van der Waals surface area contributed by atoms with Crippen LogP contribution in [0.5, 0.6) is 0 Å². The molecule has 2 rings (SSSR count). The minimum Gasteiger partial charge on any atom is -0.303 e. The van der Waals surface area contributed by atoms with Gasteiger partial charge >= 0.3 is 0 Å². The Morgan fingerprint density at radius 3 is 2.28 bits per heavy atom. The number of rotatable bonds is 3. The number of nitrogens with zero attached hydrogens (tertiary/aromatic N) is 4. The van der Waals surface area contributed by atoms with Gasteiger partial charge in [-0.2, -0.15) is 0 Å². The van der Waals surface area contributed by atoms with E-state index in [1.165, 1.54) is 18.4 Å². The Morgan fingerprint density at radius 1 is 1.17 bits per heavy atom. The Bertz CT molecular complexity index is 688. The molecule has 0 atom stereocenters. The molecule has 6 nitrogen and oxygen atoms in total. The minimum absolute atomic E-state index is 0.137. The summed E-state index contributed by atoms with van der Waals surface area (Å²) in [5, 5.41) is 0. The summed E-state index contributed by atoms with van der Waals surface area (Å²) in [6.07, 6.45) is 3.69. The van der Waals surface area contributed by atoms with Crippen molar-refractivity contribution < 1.29 is 8.42 Å². The molecule has 0 fully saturated rings. The number of aromatic nitrogens is 3. The molecular weight excluding hydrogens is 252 g/mol. The zero-order valence-corrected chi connectivity index (χ0v) is 11.7. The van der Waals surface area contributed by atoms with Crippen molar-refractivity contribution >= 4 is 15.7 Å². The van der Waals surface area contributed by atoms with E-state index in [2.05, 4.69) is 9.97 Å². The van der Waals surface area contributed by atoms with E-state index in [1.54, 1.807) is 0 Å². The van der Waals surface area contributed by atoms with Gasteiger partial charge in [0.2, 0.25) is 10.0 Å². The average Bonchev–Trinajstić information content (AvgIpc) is 2.57. The summed E-state index contributed by atoms with van der Waals surface area (Å²) in [5.74, 6) is -0.137. The largest absolute Gasteiger partial charge is 0.303 e. The van der Waals surface area contributed by atoms with Crippen molar-refractivity contribution in [2.45, 2.75) is 19.6 Å². The first-order valence-corrected chi connectivity index (χ1v) is 7.12. The number of hydrogen-bond donors (Lipinski definition) is 0. The molecular formula is C11H16N4O2S. The SMILES string of the molecule is Cc1cn2cc(C)nc2c(CS(=O)(=O)N(C)C)n1. The molecule has 0 spiro atoms. The Hall–Kier alpha value is -1.47. The van der Waals surface area contributed by atoms with E-state index in [0.29, 0.717) is 11.3 Å². The Kier molecular flexibility index (Phi) is 3.12. The van der Waals surface area contributed by atoms with E-state index in [4.69, 9.17) is 0 Å². The maximum Gasteiger partial charge on any atom is 0.219 e. The molecule has 98 valence electrons. The van der Waals surface area contributed by atoms with Crippen LogP contribution in [0.25, 0.3) is 5.65 Å². The standard InChI is InChI=1S/C11H16N4O2S/c1-8-5-15-6-9(2)13-11(15)10(12-8)7-18(16,17)14(3)4/h5-6H,7H2,1-4H3. The smallest absolute Gasteiger partial charge is 0.219 e. The molecule has 0 aromatic carbocycles. The van der Waals surface area contributed by atoms with Crippen molar-refractivity contribution in [1.29, 1.82) is 0 Å². The summed E-state index contributed by atoms with van der Waals surface area (Å²) in [7, 11) is -0.307. The van der Waals surface area contributed by atoms with Gasteiger partial charge in [0.05, 0.1) is 11.4 Å². The highest BCUT2D eigenvalue weighted by molar-refractivity contribution is 7.88. The van der Waals surface area contributed by atoms with Crippen molar-refractivity contribution in [2.24, 2.45) is 0 Å². The molecule has 0 unspecified atom stereocenters. The molecule has 2 heterocycles. The van der Waals surface area contributed by atoms with Crippen LogP contribution in [-0.4, -0.2) is 41.2 Å². The molecule has 0 saturated heterocycles. The van der Waals surface area contributed by atoms with Gasteiger partial charge < -0.3 is 4.40 Å². The third-order valence-electron chi connectivity index (χ3n) is 2.62. The van der Waals surface area contributed by atoms with Crippen molar-refractivity contribution in [3.05, 3.63) is 29.5 Å². The number of hydrogen-bond acceptors (Lipinski definition) is 4. The molecule has 0 aliphatic heterocycles. The molecule has 2 aromatic heterocycles. The first kappa shape index (κ1) is 13.0. The average molecular weight is 268 g/mol. The zero-order chi connectivity index (χ0) is 13.5. The predicted octanol–water partition coefficient (Wildman–Crippen LogP) is 0.738. The van der Waals surface area contributed by atoms with Gasteiger partial charge in [-0.1, -0.05) is 0 Å². The van der Waals surface area contributed by atoms with Crippen LogP contribution in [0.15, 0.2) is 12.4 Å². The summed E-state index contributed by atoms with van der Waals surface area (Å²) in [4.78, 5) is 8.61. The van der Waals surface area contributed by atoms with Gasteiger partial charge in [-0.25, -0.2) is 17.7 Å². The normalized spacial score (nSPS) is 12.5. The van der Waals surface area contributed by atoms with Crippen molar-refractivity contribution in [1.82, 2.24) is 18.7 Å². The first-order chi connectivity index (χ1) is 8.29. The fourth-order valence-electron chi connectivity index (χ4n) is 1.72. The van der Waals surface area contributed by atoms with Crippen LogP contribution in [0.4, 0.5) is 0 Å². The second kappa shape index (κ2) is 4.33. The lowest BCUT2D eigenvalue weighted by Gasteiger charge is -2.11. The van der Waals surface area contributed by atoms with Gasteiger partial charge in [0.25, 0.3) is 0 Å². The molecule has 18 heavy (non-hydrogen) atoms. The molecule has 0 amide bonds. The Labute approximate surface area is 106 Å². The van der Waals surface area contributed by atoms with Crippen LogP contribution < -0.4 is 0 Å². The van der Waals surface area contributed by atoms with Gasteiger partial charge in [0.15, 0.2) is 5.65 Å². The summed E-state index contributed by atoms with van der Waals surface area (Å²) in [6.45, 7) is 3.70. The van der Waals surface area contributed by atoms with Crippen molar-refractivity contribution in [3.63, 3.8) is 0 Å². The lowest BCUT2D eigenvalue weighted by atomic mass is 10.4. The number of sulfonamides is 1. The Morgan fingerprint density at radius 2 is 1.72 bits per heavy atom. The van der Waals surface area contributed by atoms with E-state index in [9.17, 15) is 8.42 Å². The quantitative estimate of drug-likeness (QED) is 0.823. The van der Waals surface area contributed by atoms with E-state index >= 15 is 0 Å². The molecule has 0 saturated carbocycles. The summed E-state index contributed by atoms with van der Waals surface area (Å²) in [6, 6.07) is 0. The maximum absolute atomic E-state index is 11.9. The summed E-state index contributed by atoms with van der Waals surface area (Å²) in [5.41, 5.74) is 2.69. The number of aryl methyl sites for hydroxylation is 2. The fraction of sp³-hybridized carbons (Fsp3) is 0.455. The van der Waals surface area contributed by atoms with Gasteiger partial charge in [0, 0.05) is 26.5 Å². The number of imidazole rings is 1. The highest BCUT2D eigenvalue weighted by atomic mass is 32.2. The van der Waals surface area contributed by atoms with Crippen LogP contribution >= 0.6 is 0 Å². The molecule has 0 N–H and O–H groups in total. The van der Waals surface area contributed by atoms with Crippen molar-refractivity contribution in [3.8, 4) is 0 Å². The third-order valence-corrected chi connectivity index (χ3v) is 4.37. The van der Waals surface area contributed by atoms with E-state index in [0.717, 1.165) is 11.4 Å². The Balaban J connectivity index is 2.57. The summed E-state index contributed by atoms with van der Waals surface area (Å²) >= 11 is 0. The van der Waals surface area contributed by atoms with Gasteiger partial charge in [-0.15, -0.1) is 0 Å². The van der Waals surface area contributed by atoms with Crippen molar-refractivity contribution in [2.75, 3.05) is 14.1 Å². The molecule has 7 heteroatoms. The third kappa shape index (κ3) is 2.37. The first-order valence-electron chi connectivity index (χ1n) is 5.51. The van der Waals surface area contributed by atoms with Crippen LogP contribution in [0.1, 0.15) is 17.1 Å². The minimum atomic E-state index is -3.33. The van der Waals surface area contributed by atoms with Gasteiger partial charge in [0.1, 0.15) is 11.4 Å². The lowest BCUT2D eigenvalue weighted by Crippen LogP contribution is -2.24. The predicted molar refractivity (Wildman–Crippen MR) is 68.8 cm³/mol. The zero-order valence-electron chi connectivity index (χ0n) is 10.9. The monoisotopic (exact) mass is 268 g/mol. The van der Waals surface area contributed by atoms with Crippen LogP contribution in [0, 0.1) is 13.8 Å². The molecule has 0 aliphatic rings. The second-order valence-corrected chi connectivity index (χ2v) is 6.66. The van der Waals surface area contributed by atoms with E-state index in [-0.39, 0.29) is 5.75 Å². The highest BCUT2D eigenvalue weighted by Gasteiger charge is 2.19. The van der Waals surface area contributed by atoms with E-state index in [1.807, 2.05) is 30.6 Å². The van der Waals surface area contributed by atoms with E-state index < -0.39 is 10.0 Å². The molecule has 2 aromatic rings. The van der Waals surface area contributed by atoms with Crippen LogP contribution in [0.3, 0.4) is 0 Å². The van der Waals surface area contributed by atoms with Crippen LogP contribution in [-0.2, 0) is 15.8 Å². The number of fused-ring (bicyclic) bond motifs is 1. The van der Waals surface area contributed by atoms with Gasteiger partial charge in [-0.05, 0) is 13.8 Å². The molecule has 0 aliphatic carbocycles.